The zero-order valence-corrected chi connectivity index (χ0v) is 13.0. The minimum atomic E-state index is 0.175. The molecule has 1 aromatic rings. The Balaban J connectivity index is 2.66. The van der Waals surface area contributed by atoms with Gasteiger partial charge in [-0.2, -0.15) is 16.9 Å². The van der Waals surface area contributed by atoms with E-state index in [-0.39, 0.29) is 17.9 Å². The van der Waals surface area contributed by atoms with Crippen molar-refractivity contribution in [2.75, 3.05) is 12.9 Å². The fraction of sp³-hybridized carbons (Fsp3) is 0.750. The zero-order valence-electron chi connectivity index (χ0n) is 11.4. The molecule has 0 spiro atoms. The number of hydrogen-bond acceptors (Lipinski definition) is 4. The molecule has 0 aliphatic carbocycles. The summed E-state index contributed by atoms with van der Waals surface area (Å²) in [5.41, 5.74) is 1.94. The smallest absolute Gasteiger partial charge is 0.0863 e. The molecule has 0 aliphatic rings. The lowest BCUT2D eigenvalue weighted by Crippen LogP contribution is -2.37. The van der Waals surface area contributed by atoms with Crippen LogP contribution in [0.2, 0.25) is 5.02 Å². The van der Waals surface area contributed by atoms with Gasteiger partial charge < -0.3 is 10.4 Å². The molecule has 1 rings (SSSR count). The normalized spacial score (nSPS) is 14.8. The van der Waals surface area contributed by atoms with Gasteiger partial charge in [0.2, 0.25) is 0 Å². The first kappa shape index (κ1) is 15.8. The predicted octanol–water partition coefficient (Wildman–Crippen LogP) is 1.84. The van der Waals surface area contributed by atoms with Crippen LogP contribution in [-0.4, -0.2) is 39.0 Å². The average molecular weight is 292 g/mol. The van der Waals surface area contributed by atoms with Gasteiger partial charge in [-0.15, -0.1) is 0 Å². The third kappa shape index (κ3) is 3.63. The Morgan fingerprint density at radius 1 is 1.56 bits per heavy atom. The van der Waals surface area contributed by atoms with E-state index >= 15 is 0 Å². The fourth-order valence-electron chi connectivity index (χ4n) is 1.84. The van der Waals surface area contributed by atoms with E-state index in [1.54, 1.807) is 11.8 Å². The average Bonchev–Trinajstić information content (AvgIpc) is 2.63. The van der Waals surface area contributed by atoms with Gasteiger partial charge >= 0.3 is 0 Å². The number of thioether (sulfide) groups is 1. The van der Waals surface area contributed by atoms with E-state index in [0.29, 0.717) is 6.54 Å². The van der Waals surface area contributed by atoms with Crippen LogP contribution in [0.3, 0.4) is 0 Å². The number of nitrogens with one attached hydrogen (secondary N) is 1. The Bertz CT molecular complexity index is 380. The van der Waals surface area contributed by atoms with Crippen molar-refractivity contribution in [3.63, 3.8) is 0 Å². The topological polar surface area (TPSA) is 50.1 Å². The maximum absolute atomic E-state index is 9.24. The number of nitrogens with zero attached hydrogens (tertiary/aromatic N) is 2. The Kier molecular flexibility index (Phi) is 6.49. The number of rotatable bonds is 7. The van der Waals surface area contributed by atoms with Gasteiger partial charge in [0.25, 0.3) is 0 Å². The van der Waals surface area contributed by atoms with E-state index in [2.05, 4.69) is 17.3 Å². The molecule has 4 nitrogen and oxygen atoms in total. The van der Waals surface area contributed by atoms with Crippen LogP contribution in [0.1, 0.15) is 25.2 Å². The third-order valence-electron chi connectivity index (χ3n) is 3.13. The van der Waals surface area contributed by atoms with Crippen molar-refractivity contribution >= 4 is 23.4 Å². The number of aliphatic hydroxyl groups excluding tert-OH is 1. The highest BCUT2D eigenvalue weighted by atomic mass is 35.5. The van der Waals surface area contributed by atoms with E-state index in [9.17, 15) is 5.11 Å². The molecule has 1 heterocycles. The highest BCUT2D eigenvalue weighted by molar-refractivity contribution is 7.99. The summed E-state index contributed by atoms with van der Waals surface area (Å²) >= 11 is 7.95. The van der Waals surface area contributed by atoms with Crippen LogP contribution < -0.4 is 5.32 Å². The molecular formula is C12H22ClN3OS. The van der Waals surface area contributed by atoms with Crippen molar-refractivity contribution in [3.05, 3.63) is 16.4 Å². The predicted molar refractivity (Wildman–Crippen MR) is 78.3 cm³/mol. The molecule has 0 amide bonds. The second-order valence-corrected chi connectivity index (χ2v) is 5.77. The van der Waals surface area contributed by atoms with Crippen LogP contribution in [0.25, 0.3) is 0 Å². The van der Waals surface area contributed by atoms with Gasteiger partial charge in [0.15, 0.2) is 0 Å². The molecule has 2 unspecified atom stereocenters. The van der Waals surface area contributed by atoms with E-state index in [0.717, 1.165) is 22.8 Å². The summed E-state index contributed by atoms with van der Waals surface area (Å²) in [4.78, 5) is 0. The molecule has 2 atom stereocenters. The summed E-state index contributed by atoms with van der Waals surface area (Å²) < 4.78 is 1.83. The molecule has 0 saturated carbocycles. The molecule has 18 heavy (non-hydrogen) atoms. The fourth-order valence-corrected chi connectivity index (χ4v) is 2.85. The number of aliphatic hydroxyl groups is 1. The second-order valence-electron chi connectivity index (χ2n) is 4.31. The van der Waals surface area contributed by atoms with Gasteiger partial charge in [0.1, 0.15) is 0 Å². The third-order valence-corrected chi connectivity index (χ3v) is 4.73. The number of halogens is 1. The highest BCUT2D eigenvalue weighted by Crippen LogP contribution is 2.21. The quantitative estimate of drug-likeness (QED) is 0.805. The van der Waals surface area contributed by atoms with Crippen LogP contribution in [0.5, 0.6) is 0 Å². The van der Waals surface area contributed by atoms with Crippen molar-refractivity contribution in [3.8, 4) is 0 Å². The summed E-state index contributed by atoms with van der Waals surface area (Å²) in [6.45, 7) is 4.96. The minimum Gasteiger partial charge on any atom is -0.395 e. The number of hydrogen-bond donors (Lipinski definition) is 2. The van der Waals surface area contributed by atoms with Crippen molar-refractivity contribution in [2.45, 2.75) is 38.1 Å². The maximum Gasteiger partial charge on any atom is 0.0863 e. The zero-order chi connectivity index (χ0) is 13.7. The van der Waals surface area contributed by atoms with Crippen LogP contribution >= 0.6 is 23.4 Å². The number of aromatic nitrogens is 2. The first-order chi connectivity index (χ1) is 8.54. The molecular weight excluding hydrogens is 270 g/mol. The minimum absolute atomic E-state index is 0.175. The van der Waals surface area contributed by atoms with Crippen LogP contribution in [0, 0.1) is 0 Å². The molecule has 6 heteroatoms. The Morgan fingerprint density at radius 2 is 2.22 bits per heavy atom. The second kappa shape index (κ2) is 7.38. The van der Waals surface area contributed by atoms with E-state index in [4.69, 9.17) is 11.6 Å². The maximum atomic E-state index is 9.24. The SMILES string of the molecule is CCc1nn(C)c(CNC(C)C(CO)SC)c1Cl. The Labute approximate surface area is 118 Å². The molecule has 0 fully saturated rings. The molecule has 104 valence electrons. The van der Waals surface area contributed by atoms with Crippen LogP contribution in [0.15, 0.2) is 0 Å². The van der Waals surface area contributed by atoms with Gasteiger partial charge in [-0.05, 0) is 19.6 Å². The van der Waals surface area contributed by atoms with E-state index in [1.165, 1.54) is 0 Å². The van der Waals surface area contributed by atoms with Crippen LogP contribution in [0.4, 0.5) is 0 Å². The lowest BCUT2D eigenvalue weighted by Gasteiger charge is -2.21. The van der Waals surface area contributed by atoms with Gasteiger partial charge in [0, 0.05) is 24.9 Å². The standard InChI is InChI=1S/C12H22ClN3OS/c1-5-9-12(13)10(16(3)15-9)6-14-8(2)11(7-17)18-4/h8,11,14,17H,5-7H2,1-4H3. The van der Waals surface area contributed by atoms with Crippen LogP contribution in [-0.2, 0) is 20.0 Å². The Morgan fingerprint density at radius 3 is 2.67 bits per heavy atom. The molecule has 0 saturated heterocycles. The largest absolute Gasteiger partial charge is 0.395 e. The van der Waals surface area contributed by atoms with Crippen molar-refractivity contribution < 1.29 is 5.11 Å². The summed E-state index contributed by atoms with van der Waals surface area (Å²) in [7, 11) is 1.91. The molecule has 0 aliphatic heterocycles. The molecule has 1 aromatic heterocycles. The summed E-state index contributed by atoms with van der Waals surface area (Å²) in [5, 5.41) is 18.0. The Hall–Kier alpha value is -0.230. The van der Waals surface area contributed by atoms with Gasteiger partial charge in [-0.1, -0.05) is 18.5 Å². The monoisotopic (exact) mass is 291 g/mol. The van der Waals surface area contributed by atoms with Gasteiger partial charge in [-0.25, -0.2) is 0 Å². The summed E-state index contributed by atoms with van der Waals surface area (Å²) in [5.74, 6) is 0. The number of aryl methyl sites for hydroxylation is 2. The summed E-state index contributed by atoms with van der Waals surface area (Å²) in [6.07, 6.45) is 2.84. The first-order valence-corrected chi connectivity index (χ1v) is 7.78. The lowest BCUT2D eigenvalue weighted by atomic mass is 10.2. The summed E-state index contributed by atoms with van der Waals surface area (Å²) in [6, 6.07) is 0.223. The van der Waals surface area contributed by atoms with E-state index < -0.39 is 0 Å². The van der Waals surface area contributed by atoms with Crippen molar-refractivity contribution in [2.24, 2.45) is 7.05 Å². The molecule has 2 N–H and O–H groups in total. The van der Waals surface area contributed by atoms with Gasteiger partial charge in [-0.3, -0.25) is 4.68 Å². The first-order valence-electron chi connectivity index (χ1n) is 6.12. The highest BCUT2D eigenvalue weighted by Gasteiger charge is 2.17. The lowest BCUT2D eigenvalue weighted by molar-refractivity contribution is 0.275. The molecule has 0 bridgehead atoms. The van der Waals surface area contributed by atoms with Crippen molar-refractivity contribution in [1.29, 1.82) is 0 Å². The van der Waals surface area contributed by atoms with E-state index in [1.807, 2.05) is 24.9 Å². The van der Waals surface area contributed by atoms with Gasteiger partial charge in [0.05, 0.1) is 23.0 Å². The molecule has 0 radical (unpaired) electrons. The molecule has 0 aromatic carbocycles. The van der Waals surface area contributed by atoms with Crippen molar-refractivity contribution in [1.82, 2.24) is 15.1 Å².